The fourth-order valence-electron chi connectivity index (χ4n) is 3.04. The minimum Gasteiger partial charge on any atom is -0.465 e. The first-order valence-corrected chi connectivity index (χ1v) is 9.80. The monoisotopic (exact) mass is 407 g/mol. The number of nitrogens with one attached hydrogen (secondary N) is 1. The molecule has 0 radical (unpaired) electrons. The van der Waals surface area contributed by atoms with Gasteiger partial charge in [0, 0.05) is 16.2 Å². The Morgan fingerprint density at radius 2 is 1.83 bits per heavy atom. The Morgan fingerprint density at radius 1 is 1.10 bits per heavy atom. The Hall–Kier alpha value is -3.68. The Kier molecular flexibility index (Phi) is 6.03. The number of nitrogens with zero attached hydrogens (tertiary/aromatic N) is 3. The molecular weight excluding hydrogens is 384 g/mol. The Labute approximate surface area is 174 Å². The van der Waals surface area contributed by atoms with E-state index in [2.05, 4.69) is 15.6 Å². The van der Waals surface area contributed by atoms with Gasteiger partial charge in [-0.1, -0.05) is 53.2 Å². The zero-order chi connectivity index (χ0) is 20.8. The molecule has 154 valence electrons. The van der Waals surface area contributed by atoms with Crippen LogP contribution in [0.2, 0.25) is 0 Å². The third-order valence-corrected chi connectivity index (χ3v) is 4.62. The van der Waals surface area contributed by atoms with Crippen LogP contribution >= 0.6 is 0 Å². The minimum atomic E-state index is -0.307. The van der Waals surface area contributed by atoms with Gasteiger partial charge in [-0.05, 0) is 12.1 Å². The van der Waals surface area contributed by atoms with Crippen molar-refractivity contribution in [1.82, 2.24) is 10.5 Å². The maximum atomic E-state index is 12.1. The molecular formula is C22H23N4O4+. The average Bonchev–Trinajstić information content (AvgIpc) is 3.40. The summed E-state index contributed by atoms with van der Waals surface area (Å²) in [6.45, 7) is 0.207. The second-order valence-electron chi connectivity index (χ2n) is 6.80. The lowest BCUT2D eigenvalue weighted by Gasteiger charge is -2.11. The van der Waals surface area contributed by atoms with Crippen LogP contribution < -0.4 is 10.1 Å². The standard InChI is InChI=1S/C22H23N4O4/c1-26-19(30-22(25-26)17-10-6-3-7-11-17)12-13-20(27)28-15-14-18-23-24-21(29-18)16-8-4-2-5-9-16/h2-11,21,24H,12-15H2,1H3/q+1. The fraction of sp³-hybridized carbons (Fsp3) is 0.273. The number of benzene rings is 2. The quantitative estimate of drug-likeness (QED) is 0.456. The molecule has 1 N–H and O–H groups in total. The van der Waals surface area contributed by atoms with E-state index < -0.39 is 0 Å². The summed E-state index contributed by atoms with van der Waals surface area (Å²) in [5.74, 6) is 1.35. The van der Waals surface area contributed by atoms with Crippen molar-refractivity contribution in [3.63, 3.8) is 0 Å². The number of hydrazone groups is 1. The van der Waals surface area contributed by atoms with Gasteiger partial charge in [0.25, 0.3) is 5.89 Å². The van der Waals surface area contributed by atoms with E-state index >= 15 is 0 Å². The van der Waals surface area contributed by atoms with Crippen molar-refractivity contribution in [2.24, 2.45) is 12.1 Å². The summed E-state index contributed by atoms with van der Waals surface area (Å²) in [6.07, 6.45) is 0.720. The van der Waals surface area contributed by atoms with Crippen LogP contribution in [-0.4, -0.2) is 23.6 Å². The fourth-order valence-corrected chi connectivity index (χ4v) is 3.04. The molecule has 1 aliphatic heterocycles. The van der Waals surface area contributed by atoms with E-state index in [-0.39, 0.29) is 25.2 Å². The highest BCUT2D eigenvalue weighted by molar-refractivity contribution is 5.78. The largest absolute Gasteiger partial charge is 0.465 e. The van der Waals surface area contributed by atoms with Gasteiger partial charge < -0.3 is 13.9 Å². The van der Waals surface area contributed by atoms with Crippen molar-refractivity contribution in [1.29, 1.82) is 0 Å². The molecule has 0 bridgehead atoms. The van der Waals surface area contributed by atoms with Crippen LogP contribution in [0.25, 0.3) is 11.5 Å². The molecule has 1 atom stereocenters. The molecule has 8 nitrogen and oxygen atoms in total. The zero-order valence-electron chi connectivity index (χ0n) is 16.7. The molecule has 3 aromatic rings. The van der Waals surface area contributed by atoms with E-state index in [1.54, 1.807) is 11.7 Å². The van der Waals surface area contributed by atoms with Gasteiger partial charge in [0.15, 0.2) is 7.05 Å². The highest BCUT2D eigenvalue weighted by Crippen LogP contribution is 2.19. The van der Waals surface area contributed by atoms with Crippen molar-refractivity contribution in [3.8, 4) is 11.5 Å². The van der Waals surface area contributed by atoms with Crippen molar-refractivity contribution in [2.75, 3.05) is 6.61 Å². The maximum absolute atomic E-state index is 12.1. The number of aromatic nitrogens is 2. The van der Waals surface area contributed by atoms with Crippen molar-refractivity contribution in [2.45, 2.75) is 25.5 Å². The van der Waals surface area contributed by atoms with Gasteiger partial charge in [-0.15, -0.1) is 5.10 Å². The van der Waals surface area contributed by atoms with Gasteiger partial charge in [0.05, 0.1) is 19.3 Å². The number of aryl methyl sites for hydroxylation is 2. The number of hydrogen-bond acceptors (Lipinski definition) is 7. The molecule has 0 amide bonds. The van der Waals surface area contributed by atoms with Crippen LogP contribution in [0.4, 0.5) is 0 Å². The van der Waals surface area contributed by atoms with Gasteiger partial charge in [0.1, 0.15) is 6.61 Å². The second kappa shape index (κ2) is 9.21. The molecule has 2 aromatic carbocycles. The van der Waals surface area contributed by atoms with E-state index in [9.17, 15) is 4.79 Å². The topological polar surface area (TPSA) is 89.8 Å². The Balaban J connectivity index is 1.19. The normalized spacial score (nSPS) is 15.2. The number of rotatable bonds is 8. The lowest BCUT2D eigenvalue weighted by Crippen LogP contribution is -2.34. The summed E-state index contributed by atoms with van der Waals surface area (Å²) in [6, 6.07) is 19.4. The number of esters is 1. The maximum Gasteiger partial charge on any atom is 0.374 e. The van der Waals surface area contributed by atoms with Gasteiger partial charge in [-0.2, -0.15) is 0 Å². The Bertz CT molecular complexity index is 1020. The third-order valence-electron chi connectivity index (χ3n) is 4.62. The molecule has 0 saturated carbocycles. The van der Waals surface area contributed by atoms with E-state index in [0.717, 1.165) is 11.1 Å². The van der Waals surface area contributed by atoms with Crippen molar-refractivity contribution < 1.29 is 23.4 Å². The summed E-state index contributed by atoms with van der Waals surface area (Å²) in [5, 5.41) is 8.52. The molecule has 0 saturated heterocycles. The number of carbonyl (C=O) groups excluding carboxylic acids is 1. The summed E-state index contributed by atoms with van der Waals surface area (Å²) in [4.78, 5) is 12.1. The first-order valence-electron chi connectivity index (χ1n) is 9.80. The van der Waals surface area contributed by atoms with E-state index in [4.69, 9.17) is 13.9 Å². The van der Waals surface area contributed by atoms with Crippen LogP contribution in [0.15, 0.2) is 70.2 Å². The van der Waals surface area contributed by atoms with Gasteiger partial charge in [-0.25, -0.2) is 0 Å². The molecule has 0 spiro atoms. The minimum absolute atomic E-state index is 0.204. The average molecular weight is 407 g/mol. The molecule has 8 heteroatoms. The third kappa shape index (κ3) is 4.83. The number of hydrogen-bond donors (Lipinski definition) is 1. The van der Waals surface area contributed by atoms with Crippen molar-refractivity contribution >= 4 is 11.9 Å². The second-order valence-corrected chi connectivity index (χ2v) is 6.80. The summed E-state index contributed by atoms with van der Waals surface area (Å²) in [5.41, 5.74) is 4.81. The number of ether oxygens (including phenoxy) is 2. The molecule has 2 heterocycles. The molecule has 4 rings (SSSR count). The number of carbonyl (C=O) groups is 1. The van der Waals surface area contributed by atoms with Crippen molar-refractivity contribution in [3.05, 3.63) is 72.1 Å². The van der Waals surface area contributed by atoms with Crippen LogP contribution in [0, 0.1) is 0 Å². The molecule has 1 unspecified atom stereocenters. The molecule has 30 heavy (non-hydrogen) atoms. The van der Waals surface area contributed by atoms with Crippen LogP contribution in [0.5, 0.6) is 0 Å². The predicted octanol–water partition coefficient (Wildman–Crippen LogP) is 2.66. The van der Waals surface area contributed by atoms with E-state index in [0.29, 0.717) is 30.5 Å². The van der Waals surface area contributed by atoms with Crippen LogP contribution in [0.1, 0.15) is 30.5 Å². The molecule has 0 aliphatic carbocycles. The van der Waals surface area contributed by atoms with Gasteiger partial charge >= 0.3 is 11.9 Å². The highest BCUT2D eigenvalue weighted by Gasteiger charge is 2.22. The van der Waals surface area contributed by atoms with Crippen LogP contribution in [-0.2, 0) is 27.7 Å². The van der Waals surface area contributed by atoms with E-state index in [1.165, 1.54) is 0 Å². The Morgan fingerprint density at radius 3 is 2.60 bits per heavy atom. The lowest BCUT2D eigenvalue weighted by molar-refractivity contribution is -0.738. The highest BCUT2D eigenvalue weighted by atomic mass is 16.5. The summed E-state index contributed by atoms with van der Waals surface area (Å²) in [7, 11) is 1.79. The van der Waals surface area contributed by atoms with E-state index in [1.807, 2.05) is 60.7 Å². The lowest BCUT2D eigenvalue weighted by atomic mass is 10.2. The first-order chi connectivity index (χ1) is 14.7. The SMILES string of the molecule is C[n+]1nc(-c2ccccc2)oc1CCC(=O)OCCC1=NNC(c2ccccc2)O1. The molecule has 1 aliphatic rings. The van der Waals surface area contributed by atoms with Gasteiger partial charge in [0.2, 0.25) is 12.1 Å². The van der Waals surface area contributed by atoms with Gasteiger partial charge in [-0.3, -0.25) is 10.2 Å². The predicted molar refractivity (Wildman–Crippen MR) is 108 cm³/mol. The first kappa shape index (κ1) is 19.6. The smallest absolute Gasteiger partial charge is 0.374 e. The summed E-state index contributed by atoms with van der Waals surface area (Å²) >= 11 is 0. The van der Waals surface area contributed by atoms with Crippen LogP contribution in [0.3, 0.4) is 0 Å². The molecule has 0 fully saturated rings. The molecule has 1 aromatic heterocycles. The summed E-state index contributed by atoms with van der Waals surface area (Å²) < 4.78 is 18.5. The zero-order valence-corrected chi connectivity index (χ0v) is 16.7.